The van der Waals surface area contributed by atoms with Gasteiger partial charge in [0.2, 0.25) is 10.4 Å². The SMILES string of the molecule is C=Cc1ccc(C[N+](C)(C)CCCOS(=O)(=O)[O-])cc1.[H+]. The summed E-state index contributed by atoms with van der Waals surface area (Å²) in [6, 6.07) is 8.12. The molecule has 0 fully saturated rings. The summed E-state index contributed by atoms with van der Waals surface area (Å²) in [5, 5.41) is 0. The van der Waals surface area contributed by atoms with Crippen LogP contribution in [-0.4, -0.2) is 44.7 Å². The van der Waals surface area contributed by atoms with Gasteiger partial charge in [-0.25, -0.2) is 8.42 Å². The Morgan fingerprint density at radius 3 is 2.45 bits per heavy atom. The molecule has 112 valence electrons. The fourth-order valence-corrected chi connectivity index (χ4v) is 2.31. The maximum atomic E-state index is 10.3. The predicted molar refractivity (Wildman–Crippen MR) is 78.6 cm³/mol. The Bertz CT molecular complexity index is 541. The standard InChI is InChI=1S/C14H21NO4S/c1-4-13-6-8-14(9-7-13)12-15(2,3)10-5-11-19-20(16,17)18/h4,6-9H,1,5,10-12H2,2-3H3/p+1. The van der Waals surface area contributed by atoms with Gasteiger partial charge in [-0.3, -0.25) is 4.18 Å². The van der Waals surface area contributed by atoms with E-state index in [1.165, 1.54) is 5.56 Å². The van der Waals surface area contributed by atoms with Crippen molar-refractivity contribution in [1.82, 2.24) is 0 Å². The largest absolute Gasteiger partial charge is 1.00 e. The van der Waals surface area contributed by atoms with Crippen LogP contribution in [0, 0.1) is 0 Å². The van der Waals surface area contributed by atoms with E-state index in [2.05, 4.69) is 22.9 Å². The van der Waals surface area contributed by atoms with Crippen molar-refractivity contribution in [2.75, 3.05) is 27.2 Å². The third kappa shape index (κ3) is 6.81. The molecular weight excluding hydrogens is 278 g/mol. The van der Waals surface area contributed by atoms with Crippen molar-refractivity contribution in [1.29, 1.82) is 0 Å². The van der Waals surface area contributed by atoms with Crippen LogP contribution < -0.4 is 0 Å². The van der Waals surface area contributed by atoms with Crippen molar-refractivity contribution < 1.29 is 23.1 Å². The zero-order chi connectivity index (χ0) is 15.2. The molecule has 0 amide bonds. The molecule has 1 aromatic rings. The summed E-state index contributed by atoms with van der Waals surface area (Å²) < 4.78 is 35.8. The number of hydrogen-bond acceptors (Lipinski definition) is 4. The van der Waals surface area contributed by atoms with Gasteiger partial charge < -0.3 is 9.04 Å². The molecule has 1 aromatic carbocycles. The minimum Gasteiger partial charge on any atom is -0.726 e. The zero-order valence-corrected chi connectivity index (χ0v) is 12.7. The summed E-state index contributed by atoms with van der Waals surface area (Å²) in [4.78, 5) is 0. The molecule has 0 saturated heterocycles. The second-order valence-electron chi connectivity index (χ2n) is 5.35. The van der Waals surface area contributed by atoms with E-state index >= 15 is 0 Å². The Hall–Kier alpha value is -1.21. The zero-order valence-electron chi connectivity index (χ0n) is 12.9. The minimum atomic E-state index is -4.57. The summed E-state index contributed by atoms with van der Waals surface area (Å²) in [7, 11) is -0.477. The number of rotatable bonds is 8. The molecule has 0 atom stereocenters. The highest BCUT2D eigenvalue weighted by molar-refractivity contribution is 7.80. The van der Waals surface area contributed by atoms with Crippen molar-refractivity contribution in [2.45, 2.75) is 13.0 Å². The first kappa shape index (κ1) is 16.8. The number of hydrogen-bond donors (Lipinski definition) is 0. The first-order chi connectivity index (χ1) is 9.22. The van der Waals surface area contributed by atoms with Gasteiger partial charge in [0.05, 0.1) is 27.2 Å². The van der Waals surface area contributed by atoms with Gasteiger partial charge in [-0.1, -0.05) is 36.9 Å². The first-order valence-electron chi connectivity index (χ1n) is 6.35. The van der Waals surface area contributed by atoms with E-state index < -0.39 is 10.4 Å². The van der Waals surface area contributed by atoms with Crippen LogP contribution in [0.3, 0.4) is 0 Å². The van der Waals surface area contributed by atoms with Gasteiger partial charge in [-0.15, -0.1) is 0 Å². The van der Waals surface area contributed by atoms with Crippen molar-refractivity contribution in [3.8, 4) is 0 Å². The molecule has 20 heavy (non-hydrogen) atoms. The van der Waals surface area contributed by atoms with E-state index in [0.29, 0.717) is 10.9 Å². The number of nitrogens with zero attached hydrogens (tertiary/aromatic N) is 1. The molecular formula is C14H22NO4S+. The Balaban J connectivity index is 0.00000400. The van der Waals surface area contributed by atoms with Crippen molar-refractivity contribution in [2.24, 2.45) is 0 Å². The summed E-state index contributed by atoms with van der Waals surface area (Å²) >= 11 is 0. The van der Waals surface area contributed by atoms with Gasteiger partial charge in [0.1, 0.15) is 6.54 Å². The van der Waals surface area contributed by atoms with Crippen molar-refractivity contribution in [3.05, 3.63) is 42.0 Å². The molecule has 0 spiro atoms. The third-order valence-electron chi connectivity index (χ3n) is 2.96. The lowest BCUT2D eigenvalue weighted by molar-refractivity contribution is -0.903. The van der Waals surface area contributed by atoms with Gasteiger partial charge in [-0.2, -0.15) is 0 Å². The molecule has 0 aliphatic rings. The van der Waals surface area contributed by atoms with Crippen molar-refractivity contribution >= 4 is 16.5 Å². The van der Waals surface area contributed by atoms with E-state index in [4.69, 9.17) is 0 Å². The maximum Gasteiger partial charge on any atom is 1.00 e. The van der Waals surface area contributed by atoms with Gasteiger partial charge in [0, 0.05) is 12.0 Å². The molecule has 0 unspecified atom stereocenters. The second kappa shape index (κ2) is 6.99. The van der Waals surface area contributed by atoms with E-state index in [9.17, 15) is 13.0 Å². The molecule has 0 aromatic heterocycles. The Kier molecular flexibility index (Phi) is 5.88. The molecule has 6 heteroatoms. The van der Waals surface area contributed by atoms with Crippen LogP contribution in [0.1, 0.15) is 19.0 Å². The minimum absolute atomic E-state index is 0. The van der Waals surface area contributed by atoms with Gasteiger partial charge >= 0.3 is 1.43 Å². The normalized spacial score (nSPS) is 12.3. The van der Waals surface area contributed by atoms with Gasteiger partial charge in [-0.05, 0) is 5.56 Å². The van der Waals surface area contributed by atoms with Crippen LogP contribution >= 0.6 is 0 Å². The van der Waals surface area contributed by atoms with Crippen molar-refractivity contribution in [3.63, 3.8) is 0 Å². The van der Waals surface area contributed by atoms with Gasteiger partial charge in [0.25, 0.3) is 0 Å². The Morgan fingerprint density at radius 1 is 1.35 bits per heavy atom. The highest BCUT2D eigenvalue weighted by Gasteiger charge is 2.15. The van der Waals surface area contributed by atoms with E-state index in [1.807, 2.05) is 26.2 Å². The average Bonchev–Trinajstić information content (AvgIpc) is 2.34. The molecule has 5 nitrogen and oxygen atoms in total. The molecule has 0 radical (unpaired) electrons. The molecule has 0 N–H and O–H groups in total. The highest BCUT2D eigenvalue weighted by atomic mass is 32.3. The lowest BCUT2D eigenvalue weighted by Gasteiger charge is -2.30. The van der Waals surface area contributed by atoms with E-state index in [1.54, 1.807) is 6.08 Å². The monoisotopic (exact) mass is 300 g/mol. The van der Waals surface area contributed by atoms with Crippen LogP contribution in [0.4, 0.5) is 0 Å². The molecule has 0 bridgehead atoms. The van der Waals surface area contributed by atoms with Crippen LogP contribution in [0.5, 0.6) is 0 Å². The molecule has 0 aliphatic heterocycles. The predicted octanol–water partition coefficient (Wildman–Crippen LogP) is 1.89. The average molecular weight is 300 g/mol. The first-order valence-corrected chi connectivity index (χ1v) is 7.69. The summed E-state index contributed by atoms with van der Waals surface area (Å²) in [6.07, 6.45) is 2.31. The third-order valence-corrected chi connectivity index (χ3v) is 3.42. The summed E-state index contributed by atoms with van der Waals surface area (Å²) in [5.41, 5.74) is 2.27. The smallest absolute Gasteiger partial charge is 0.726 e. The van der Waals surface area contributed by atoms with Crippen LogP contribution in [-0.2, 0) is 21.1 Å². The Morgan fingerprint density at radius 2 is 1.95 bits per heavy atom. The van der Waals surface area contributed by atoms with E-state index in [-0.39, 0.29) is 8.03 Å². The quantitative estimate of drug-likeness (QED) is 0.318. The summed E-state index contributed by atoms with van der Waals surface area (Å²) in [6.45, 7) is 5.19. The maximum absolute atomic E-state index is 10.3. The lowest BCUT2D eigenvalue weighted by atomic mass is 10.1. The molecule has 1 rings (SSSR count). The topological polar surface area (TPSA) is 66.4 Å². The lowest BCUT2D eigenvalue weighted by Crippen LogP contribution is -2.40. The fraction of sp³-hybridized carbons (Fsp3) is 0.429. The van der Waals surface area contributed by atoms with Crippen LogP contribution in [0.25, 0.3) is 6.08 Å². The number of quaternary nitrogens is 1. The second-order valence-corrected chi connectivity index (χ2v) is 6.40. The Labute approximate surface area is 122 Å². The van der Waals surface area contributed by atoms with E-state index in [0.717, 1.165) is 18.7 Å². The van der Waals surface area contributed by atoms with Crippen LogP contribution in [0.2, 0.25) is 0 Å². The fourth-order valence-electron chi connectivity index (χ4n) is 1.99. The molecule has 0 aliphatic carbocycles. The summed E-state index contributed by atoms with van der Waals surface area (Å²) in [5.74, 6) is 0. The number of benzene rings is 1. The highest BCUT2D eigenvalue weighted by Crippen LogP contribution is 2.12. The van der Waals surface area contributed by atoms with Gasteiger partial charge in [0.15, 0.2) is 0 Å². The van der Waals surface area contributed by atoms with Crippen LogP contribution in [0.15, 0.2) is 30.8 Å². The molecule has 0 heterocycles. The molecule has 0 saturated carbocycles.